The molecule has 1 unspecified atom stereocenters. The van der Waals surface area contributed by atoms with Gasteiger partial charge >= 0.3 is 5.97 Å². The maximum Gasteiger partial charge on any atom is 0.311 e. The summed E-state index contributed by atoms with van der Waals surface area (Å²) in [5.74, 6) is -0.570. The van der Waals surface area contributed by atoms with Crippen LogP contribution in [0.25, 0.3) is 0 Å². The number of rotatable bonds is 5. The molecule has 5 nitrogen and oxygen atoms in total. The Hall–Kier alpha value is -2.18. The normalized spacial score (nSPS) is 22.0. The van der Waals surface area contributed by atoms with Gasteiger partial charge in [0, 0.05) is 37.5 Å². The summed E-state index contributed by atoms with van der Waals surface area (Å²) in [6.45, 7) is 3.25. The highest BCUT2D eigenvalue weighted by molar-refractivity contribution is 7.09. The Bertz CT molecular complexity index is 814. The van der Waals surface area contributed by atoms with Crippen LogP contribution in [-0.2, 0) is 27.4 Å². The molecule has 1 atom stereocenters. The molecule has 3 heterocycles. The maximum atomic E-state index is 12.9. The minimum atomic E-state index is -0.439. The number of esters is 1. The van der Waals surface area contributed by atoms with E-state index in [1.54, 1.807) is 11.3 Å². The summed E-state index contributed by atoms with van der Waals surface area (Å²) in [7, 11) is 1.42. The van der Waals surface area contributed by atoms with Crippen LogP contribution in [-0.4, -0.2) is 47.4 Å². The van der Waals surface area contributed by atoms with E-state index in [1.807, 2.05) is 35.2 Å². The van der Waals surface area contributed by atoms with E-state index in [2.05, 4.69) is 22.4 Å². The van der Waals surface area contributed by atoms with E-state index in [9.17, 15) is 9.59 Å². The molecule has 6 heteroatoms. The molecule has 2 fully saturated rings. The quantitative estimate of drug-likeness (QED) is 0.725. The van der Waals surface area contributed by atoms with E-state index in [0.29, 0.717) is 6.54 Å². The fourth-order valence-electron chi connectivity index (χ4n) is 4.71. The number of carbonyl (C=O) groups is 2. The summed E-state index contributed by atoms with van der Waals surface area (Å²) in [6.07, 6.45) is 1.86. The zero-order chi connectivity index (χ0) is 19.6. The third kappa shape index (κ3) is 3.59. The van der Waals surface area contributed by atoms with Gasteiger partial charge in [0.1, 0.15) is 0 Å². The third-order valence-electron chi connectivity index (χ3n) is 6.22. The topological polar surface area (TPSA) is 49.9 Å². The Morgan fingerprint density at radius 2 is 1.89 bits per heavy atom. The fourth-order valence-corrected chi connectivity index (χ4v) is 5.45. The monoisotopic (exact) mass is 398 g/mol. The standard InChI is InChI=1S/C22H26N2O3S/c1-27-21(26)19-14-20(25)24(15-17-6-3-2-4-7-17)22(19)9-11-23(12-10-22)16-18-8-5-13-28-18/h2-8,13,19H,9-12,14-16H2,1H3. The van der Waals surface area contributed by atoms with Crippen molar-refractivity contribution in [3.05, 3.63) is 58.3 Å². The molecule has 1 amide bonds. The smallest absolute Gasteiger partial charge is 0.311 e. The number of hydrogen-bond acceptors (Lipinski definition) is 5. The first-order valence-electron chi connectivity index (χ1n) is 9.79. The highest BCUT2D eigenvalue weighted by Gasteiger charge is 2.56. The van der Waals surface area contributed by atoms with Gasteiger partial charge in [-0.1, -0.05) is 36.4 Å². The Morgan fingerprint density at radius 3 is 2.54 bits per heavy atom. The molecule has 2 aliphatic heterocycles. The zero-order valence-electron chi connectivity index (χ0n) is 16.2. The second kappa shape index (κ2) is 8.05. The van der Waals surface area contributed by atoms with Crippen LogP contribution in [0.5, 0.6) is 0 Å². The van der Waals surface area contributed by atoms with Gasteiger partial charge < -0.3 is 9.64 Å². The van der Waals surface area contributed by atoms with E-state index in [1.165, 1.54) is 12.0 Å². The average Bonchev–Trinajstić information content (AvgIpc) is 3.32. The number of benzene rings is 1. The first kappa shape index (κ1) is 19.2. The number of hydrogen-bond donors (Lipinski definition) is 0. The molecule has 1 aromatic carbocycles. The van der Waals surface area contributed by atoms with Crippen molar-refractivity contribution in [2.45, 2.75) is 37.9 Å². The van der Waals surface area contributed by atoms with Crippen LogP contribution >= 0.6 is 11.3 Å². The highest BCUT2D eigenvalue weighted by Crippen LogP contribution is 2.45. The molecule has 0 saturated carbocycles. The van der Waals surface area contributed by atoms with E-state index < -0.39 is 5.54 Å². The van der Waals surface area contributed by atoms with Crippen molar-refractivity contribution < 1.29 is 14.3 Å². The molecule has 1 spiro atoms. The number of thiophene rings is 1. The molecule has 0 radical (unpaired) electrons. The lowest BCUT2D eigenvalue weighted by Gasteiger charge is -2.47. The number of methoxy groups -OCH3 is 1. The third-order valence-corrected chi connectivity index (χ3v) is 7.08. The van der Waals surface area contributed by atoms with Gasteiger partial charge in [-0.05, 0) is 29.9 Å². The van der Waals surface area contributed by atoms with Crippen molar-refractivity contribution in [3.8, 4) is 0 Å². The van der Waals surface area contributed by atoms with Crippen LogP contribution in [0.4, 0.5) is 0 Å². The number of piperidine rings is 1. The molecule has 0 bridgehead atoms. The molecule has 148 valence electrons. The molecule has 1 aromatic heterocycles. The van der Waals surface area contributed by atoms with Gasteiger partial charge in [-0.2, -0.15) is 0 Å². The second-order valence-corrected chi connectivity index (χ2v) is 8.74. The minimum absolute atomic E-state index is 0.0611. The Balaban J connectivity index is 1.56. The summed E-state index contributed by atoms with van der Waals surface area (Å²) in [4.78, 5) is 31.2. The van der Waals surface area contributed by atoms with Gasteiger partial charge in [0.25, 0.3) is 0 Å². The van der Waals surface area contributed by atoms with Crippen LogP contribution in [0, 0.1) is 5.92 Å². The Labute approximate surface area is 169 Å². The van der Waals surface area contributed by atoms with Gasteiger partial charge in [-0.3, -0.25) is 14.5 Å². The summed E-state index contributed by atoms with van der Waals surface area (Å²) < 4.78 is 5.09. The maximum absolute atomic E-state index is 12.9. The van der Waals surface area contributed by atoms with Gasteiger partial charge in [-0.15, -0.1) is 11.3 Å². The zero-order valence-corrected chi connectivity index (χ0v) is 17.0. The lowest BCUT2D eigenvalue weighted by atomic mass is 9.76. The summed E-state index contributed by atoms with van der Waals surface area (Å²) in [5.41, 5.74) is 0.660. The molecule has 0 aliphatic carbocycles. The number of nitrogens with zero attached hydrogens (tertiary/aromatic N) is 2. The van der Waals surface area contributed by atoms with Gasteiger partial charge in [0.15, 0.2) is 0 Å². The molecular formula is C22H26N2O3S. The van der Waals surface area contributed by atoms with Crippen molar-refractivity contribution in [3.63, 3.8) is 0 Å². The van der Waals surface area contributed by atoms with Crippen LogP contribution in [0.3, 0.4) is 0 Å². The molecule has 2 aliphatic rings. The van der Waals surface area contributed by atoms with Crippen molar-refractivity contribution in [1.82, 2.24) is 9.80 Å². The van der Waals surface area contributed by atoms with Gasteiger partial charge in [0.05, 0.1) is 18.6 Å². The van der Waals surface area contributed by atoms with Gasteiger partial charge in [0.2, 0.25) is 5.91 Å². The fraction of sp³-hybridized carbons (Fsp3) is 0.455. The predicted octanol–water partition coefficient (Wildman–Crippen LogP) is 3.30. The number of ether oxygens (including phenoxy) is 1. The molecule has 4 rings (SSSR count). The van der Waals surface area contributed by atoms with Crippen molar-refractivity contribution in [2.24, 2.45) is 5.92 Å². The SMILES string of the molecule is COC(=O)C1CC(=O)N(Cc2ccccc2)C12CCN(Cc1cccs1)CC2. The number of amides is 1. The van der Waals surface area contributed by atoms with E-state index in [-0.39, 0.29) is 24.2 Å². The molecular weight excluding hydrogens is 372 g/mol. The van der Waals surface area contributed by atoms with Gasteiger partial charge in [-0.25, -0.2) is 0 Å². The summed E-state index contributed by atoms with van der Waals surface area (Å²) in [6, 6.07) is 14.3. The van der Waals surface area contributed by atoms with E-state index in [0.717, 1.165) is 38.0 Å². The second-order valence-electron chi connectivity index (χ2n) is 7.70. The first-order valence-corrected chi connectivity index (χ1v) is 10.7. The van der Waals surface area contributed by atoms with E-state index >= 15 is 0 Å². The average molecular weight is 399 g/mol. The summed E-state index contributed by atoms with van der Waals surface area (Å²) in [5, 5.41) is 2.10. The lowest BCUT2D eigenvalue weighted by molar-refractivity contribution is -0.150. The number of carbonyl (C=O) groups excluding carboxylic acids is 2. The van der Waals surface area contributed by atoms with Crippen LogP contribution in [0.1, 0.15) is 29.7 Å². The highest BCUT2D eigenvalue weighted by atomic mass is 32.1. The molecule has 2 saturated heterocycles. The van der Waals surface area contributed by atoms with E-state index in [4.69, 9.17) is 4.74 Å². The molecule has 28 heavy (non-hydrogen) atoms. The first-order chi connectivity index (χ1) is 13.6. The lowest BCUT2D eigenvalue weighted by Crippen LogP contribution is -2.57. The Morgan fingerprint density at radius 1 is 1.14 bits per heavy atom. The van der Waals surface area contributed by atoms with Crippen molar-refractivity contribution in [1.29, 1.82) is 0 Å². The largest absolute Gasteiger partial charge is 0.469 e. The van der Waals surface area contributed by atoms with Crippen molar-refractivity contribution in [2.75, 3.05) is 20.2 Å². The van der Waals surface area contributed by atoms with Crippen LogP contribution in [0.2, 0.25) is 0 Å². The van der Waals surface area contributed by atoms with Crippen molar-refractivity contribution >= 4 is 23.2 Å². The van der Waals surface area contributed by atoms with Crippen LogP contribution in [0.15, 0.2) is 47.8 Å². The Kier molecular flexibility index (Phi) is 5.51. The summed E-state index contributed by atoms with van der Waals surface area (Å²) >= 11 is 1.77. The number of likely N-dealkylation sites (tertiary alicyclic amines) is 2. The predicted molar refractivity (Wildman–Crippen MR) is 109 cm³/mol. The van der Waals surface area contributed by atoms with Crippen LogP contribution < -0.4 is 0 Å². The minimum Gasteiger partial charge on any atom is -0.469 e. The molecule has 0 N–H and O–H groups in total. The molecule has 2 aromatic rings.